The van der Waals surface area contributed by atoms with Gasteiger partial charge in [-0.3, -0.25) is 0 Å². The molecule has 8 nitrogen and oxygen atoms in total. The monoisotopic (exact) mass is 457 g/mol. The Morgan fingerprint density at radius 3 is 2.45 bits per heavy atom. The van der Waals surface area contributed by atoms with E-state index in [0.29, 0.717) is 31.2 Å². The normalized spacial score (nSPS) is 14.0. The van der Waals surface area contributed by atoms with Crippen molar-refractivity contribution >= 4 is 17.8 Å². The summed E-state index contributed by atoms with van der Waals surface area (Å²) in [6.45, 7) is 1.94. The minimum absolute atomic E-state index is 0.0555. The molecule has 3 rings (SSSR count). The molecule has 2 aromatic rings. The largest absolute Gasteiger partial charge is 0.414 e. The van der Waals surface area contributed by atoms with Crippen molar-refractivity contribution in [2.45, 2.75) is 31.8 Å². The number of hydrogen-bond donors (Lipinski definition) is 3. The number of urea groups is 1. The average Bonchev–Trinajstić information content (AvgIpc) is 2.80. The minimum atomic E-state index is -0.586. The Morgan fingerprint density at radius 1 is 1.15 bits per heavy atom. The maximum Gasteiger partial charge on any atom is 0.414 e. The number of nitrogens with zero attached hydrogens (tertiary/aromatic N) is 2. The molecule has 4 N–H and O–H groups in total. The summed E-state index contributed by atoms with van der Waals surface area (Å²) < 4.78 is 19.4. The van der Waals surface area contributed by atoms with Gasteiger partial charge in [-0.05, 0) is 49.6 Å². The molecule has 0 saturated carbocycles. The fraction of sp³-hybridized carbons (Fsp3) is 0.417. The number of likely N-dealkylation sites (tertiary alicyclic amines) is 1. The van der Waals surface area contributed by atoms with Crippen LogP contribution in [0.4, 0.5) is 19.7 Å². The number of rotatable bonds is 7. The summed E-state index contributed by atoms with van der Waals surface area (Å²) in [5.41, 5.74) is 8.19. The third kappa shape index (κ3) is 7.08. The van der Waals surface area contributed by atoms with Crippen molar-refractivity contribution in [2.24, 2.45) is 5.73 Å². The predicted octanol–water partition coefficient (Wildman–Crippen LogP) is 3.17. The van der Waals surface area contributed by atoms with E-state index in [-0.39, 0.29) is 18.3 Å². The van der Waals surface area contributed by atoms with Gasteiger partial charge in [-0.2, -0.15) is 0 Å². The van der Waals surface area contributed by atoms with Crippen molar-refractivity contribution in [3.05, 3.63) is 59.4 Å². The van der Waals surface area contributed by atoms with Crippen LogP contribution in [0.15, 0.2) is 42.5 Å². The molecule has 0 aromatic heterocycles. The van der Waals surface area contributed by atoms with Gasteiger partial charge >= 0.3 is 12.1 Å². The number of piperidine rings is 1. The van der Waals surface area contributed by atoms with Crippen LogP contribution in [-0.4, -0.2) is 61.7 Å². The van der Waals surface area contributed by atoms with Gasteiger partial charge in [-0.15, -0.1) is 0 Å². The summed E-state index contributed by atoms with van der Waals surface area (Å²) in [7, 11) is 3.09. The van der Waals surface area contributed by atoms with Gasteiger partial charge in [0.1, 0.15) is 11.6 Å². The van der Waals surface area contributed by atoms with E-state index < -0.39 is 11.9 Å². The molecule has 0 atom stereocenters. The van der Waals surface area contributed by atoms with Gasteiger partial charge in [0, 0.05) is 57.1 Å². The number of nitrogens with two attached hydrogens (primary N) is 1. The second kappa shape index (κ2) is 11.5. The first-order valence-corrected chi connectivity index (χ1v) is 11.1. The zero-order chi connectivity index (χ0) is 23.8. The van der Waals surface area contributed by atoms with E-state index in [1.54, 1.807) is 19.0 Å². The molecule has 3 amide bonds. The van der Waals surface area contributed by atoms with E-state index in [0.717, 1.165) is 31.0 Å². The SMILES string of the molecule is CN(C)C(=O)Oc1ccc(CNC(=O)N2CCC(Nc3ccc(CCN)cc3)CC2)c(F)c1. The van der Waals surface area contributed by atoms with Crippen LogP contribution >= 0.6 is 0 Å². The molecular formula is C24H32FN5O3. The predicted molar refractivity (Wildman–Crippen MR) is 126 cm³/mol. The highest BCUT2D eigenvalue weighted by Gasteiger charge is 2.23. The van der Waals surface area contributed by atoms with Gasteiger partial charge in [-0.25, -0.2) is 14.0 Å². The maximum atomic E-state index is 14.3. The molecule has 33 heavy (non-hydrogen) atoms. The third-order valence-corrected chi connectivity index (χ3v) is 5.56. The summed E-state index contributed by atoms with van der Waals surface area (Å²) >= 11 is 0. The van der Waals surface area contributed by atoms with E-state index >= 15 is 0 Å². The van der Waals surface area contributed by atoms with Crippen molar-refractivity contribution in [3.63, 3.8) is 0 Å². The number of hydrogen-bond acceptors (Lipinski definition) is 5. The van der Waals surface area contributed by atoms with Crippen molar-refractivity contribution in [1.29, 1.82) is 0 Å². The molecule has 0 spiro atoms. The first-order valence-electron chi connectivity index (χ1n) is 11.1. The minimum Gasteiger partial charge on any atom is -0.410 e. The van der Waals surface area contributed by atoms with Gasteiger partial charge in [0.15, 0.2) is 0 Å². The zero-order valence-corrected chi connectivity index (χ0v) is 19.1. The van der Waals surface area contributed by atoms with Crippen LogP contribution in [0.1, 0.15) is 24.0 Å². The summed E-state index contributed by atoms with van der Waals surface area (Å²) in [4.78, 5) is 27.1. The Morgan fingerprint density at radius 2 is 1.85 bits per heavy atom. The van der Waals surface area contributed by atoms with E-state index in [1.165, 1.54) is 22.6 Å². The lowest BCUT2D eigenvalue weighted by Gasteiger charge is -2.33. The highest BCUT2D eigenvalue weighted by molar-refractivity contribution is 5.74. The van der Waals surface area contributed by atoms with Gasteiger partial charge in [0.05, 0.1) is 0 Å². The van der Waals surface area contributed by atoms with Crippen LogP contribution in [0.2, 0.25) is 0 Å². The molecule has 0 radical (unpaired) electrons. The van der Waals surface area contributed by atoms with Gasteiger partial charge < -0.3 is 30.9 Å². The number of halogens is 1. The summed E-state index contributed by atoms with van der Waals surface area (Å²) in [5, 5.41) is 6.29. The first kappa shape index (κ1) is 24.3. The van der Waals surface area contributed by atoms with Crippen LogP contribution in [0, 0.1) is 5.82 Å². The fourth-order valence-corrected chi connectivity index (χ4v) is 3.61. The molecule has 0 unspecified atom stereocenters. The smallest absolute Gasteiger partial charge is 0.410 e. The topological polar surface area (TPSA) is 99.9 Å². The Balaban J connectivity index is 1.43. The van der Waals surface area contributed by atoms with Gasteiger partial charge in [0.2, 0.25) is 0 Å². The fourth-order valence-electron chi connectivity index (χ4n) is 3.61. The standard InChI is InChI=1S/C24H32FN5O3/c1-29(2)24(32)33-21-8-5-18(22(25)15-21)16-27-23(31)30-13-10-20(11-14-30)28-19-6-3-17(4-7-19)9-12-26/h3-8,15,20,28H,9-14,16,26H2,1-2H3,(H,27,31). The van der Waals surface area contributed by atoms with E-state index in [1.807, 2.05) is 0 Å². The number of nitrogens with one attached hydrogen (secondary N) is 2. The summed E-state index contributed by atoms with van der Waals surface area (Å²) in [5.74, 6) is -0.426. The molecule has 1 heterocycles. The summed E-state index contributed by atoms with van der Waals surface area (Å²) in [6.07, 6.45) is 1.94. The average molecular weight is 458 g/mol. The molecule has 0 bridgehead atoms. The molecule has 178 valence electrons. The van der Waals surface area contributed by atoms with Crippen LogP contribution < -0.4 is 21.1 Å². The highest BCUT2D eigenvalue weighted by Crippen LogP contribution is 2.19. The molecule has 1 aliphatic heterocycles. The van der Waals surface area contributed by atoms with Crippen LogP contribution in [0.5, 0.6) is 5.75 Å². The van der Waals surface area contributed by atoms with Crippen LogP contribution in [0.3, 0.4) is 0 Å². The third-order valence-electron chi connectivity index (χ3n) is 5.56. The maximum absolute atomic E-state index is 14.3. The molecule has 1 saturated heterocycles. The Bertz CT molecular complexity index is 944. The van der Waals surface area contributed by atoms with Gasteiger partial charge in [-0.1, -0.05) is 18.2 Å². The molecule has 2 aromatic carbocycles. The van der Waals surface area contributed by atoms with Crippen molar-refractivity contribution in [3.8, 4) is 5.75 Å². The van der Waals surface area contributed by atoms with Crippen LogP contribution in [0.25, 0.3) is 0 Å². The molecule has 1 fully saturated rings. The van der Waals surface area contributed by atoms with Crippen molar-refractivity contribution < 1.29 is 18.7 Å². The van der Waals surface area contributed by atoms with Gasteiger partial charge in [0.25, 0.3) is 0 Å². The summed E-state index contributed by atoms with van der Waals surface area (Å²) in [6, 6.07) is 12.5. The Kier molecular flexibility index (Phi) is 8.48. The molecular weight excluding hydrogens is 425 g/mol. The molecule has 0 aliphatic carbocycles. The quantitative estimate of drug-likeness (QED) is 0.593. The van der Waals surface area contributed by atoms with Crippen molar-refractivity contribution in [2.75, 3.05) is 39.0 Å². The lowest BCUT2D eigenvalue weighted by Crippen LogP contribution is -2.46. The number of carbonyl (C=O) groups is 2. The second-order valence-corrected chi connectivity index (χ2v) is 8.32. The number of anilines is 1. The van der Waals surface area contributed by atoms with E-state index in [9.17, 15) is 14.0 Å². The van der Waals surface area contributed by atoms with E-state index in [4.69, 9.17) is 10.5 Å². The number of amides is 3. The Hall–Kier alpha value is -3.33. The highest BCUT2D eigenvalue weighted by atomic mass is 19.1. The second-order valence-electron chi connectivity index (χ2n) is 8.32. The number of carbonyl (C=O) groups excluding carboxylic acids is 2. The van der Waals surface area contributed by atoms with Crippen LogP contribution in [-0.2, 0) is 13.0 Å². The Labute approximate surface area is 193 Å². The van der Waals surface area contributed by atoms with Crippen molar-refractivity contribution in [1.82, 2.24) is 15.1 Å². The van der Waals surface area contributed by atoms with E-state index in [2.05, 4.69) is 34.9 Å². The molecule has 1 aliphatic rings. The zero-order valence-electron chi connectivity index (χ0n) is 19.1. The lowest BCUT2D eigenvalue weighted by molar-refractivity contribution is 0.171. The first-order chi connectivity index (χ1) is 15.9. The lowest BCUT2D eigenvalue weighted by atomic mass is 10.0. The molecule has 9 heteroatoms. The number of ether oxygens (including phenoxy) is 1. The number of benzene rings is 2.